The number of hydrogen-bond donors (Lipinski definition) is 1. The van der Waals surface area contributed by atoms with Crippen LogP contribution < -0.4 is 9.47 Å². The quantitative estimate of drug-likeness (QED) is 0.866. The van der Waals surface area contributed by atoms with Gasteiger partial charge in [0.05, 0.1) is 5.02 Å². The van der Waals surface area contributed by atoms with Gasteiger partial charge >= 0.3 is 0 Å². The van der Waals surface area contributed by atoms with E-state index in [-0.39, 0.29) is 12.5 Å². The van der Waals surface area contributed by atoms with Crippen molar-refractivity contribution in [3.63, 3.8) is 0 Å². The molecule has 0 radical (unpaired) electrons. The number of aromatic hydroxyl groups is 1. The highest BCUT2D eigenvalue weighted by Crippen LogP contribution is 2.41. The second-order valence-electron chi connectivity index (χ2n) is 4.10. The van der Waals surface area contributed by atoms with Crippen LogP contribution in [0.4, 0.5) is 0 Å². The first kappa shape index (κ1) is 12.5. The Bertz CT molecular complexity index is 616. The SMILES string of the molecule is Oc1cccc(SCc2cc(Cl)c3c(c2)OCO3)c1. The average molecular weight is 295 g/mol. The summed E-state index contributed by atoms with van der Waals surface area (Å²) in [4.78, 5) is 1.01. The Morgan fingerprint density at radius 1 is 1.21 bits per heavy atom. The van der Waals surface area contributed by atoms with Crippen molar-refractivity contribution in [3.05, 3.63) is 47.0 Å². The number of benzene rings is 2. The molecule has 1 aliphatic rings. The first-order chi connectivity index (χ1) is 9.22. The van der Waals surface area contributed by atoms with E-state index in [2.05, 4.69) is 0 Å². The predicted octanol–water partition coefficient (Wildman–Crippen LogP) is 4.07. The van der Waals surface area contributed by atoms with Crippen LogP contribution in [-0.2, 0) is 5.75 Å². The summed E-state index contributed by atoms with van der Waals surface area (Å²) in [5, 5.41) is 9.98. The standard InChI is InChI=1S/C14H11ClO3S/c15-12-4-9(5-13-14(12)18-8-17-13)7-19-11-3-1-2-10(16)6-11/h1-6,16H,7-8H2. The van der Waals surface area contributed by atoms with Gasteiger partial charge in [0.2, 0.25) is 6.79 Å². The molecule has 0 saturated heterocycles. The van der Waals surface area contributed by atoms with E-state index in [1.807, 2.05) is 24.3 Å². The fourth-order valence-corrected chi connectivity index (χ4v) is 3.01. The molecule has 0 unspecified atom stereocenters. The molecule has 0 aromatic heterocycles. The highest BCUT2D eigenvalue weighted by Gasteiger charge is 2.18. The fraction of sp³-hybridized carbons (Fsp3) is 0.143. The molecule has 0 saturated carbocycles. The van der Waals surface area contributed by atoms with Crippen LogP contribution in [0.1, 0.15) is 5.56 Å². The maximum absolute atomic E-state index is 9.41. The van der Waals surface area contributed by atoms with Gasteiger partial charge < -0.3 is 14.6 Å². The topological polar surface area (TPSA) is 38.7 Å². The van der Waals surface area contributed by atoms with Gasteiger partial charge in [-0.2, -0.15) is 0 Å². The summed E-state index contributed by atoms with van der Waals surface area (Å²) < 4.78 is 10.6. The van der Waals surface area contributed by atoms with E-state index < -0.39 is 0 Å². The smallest absolute Gasteiger partial charge is 0.231 e. The molecule has 19 heavy (non-hydrogen) atoms. The third kappa shape index (κ3) is 2.74. The maximum Gasteiger partial charge on any atom is 0.231 e. The molecule has 0 spiro atoms. The van der Waals surface area contributed by atoms with E-state index in [0.717, 1.165) is 16.2 Å². The van der Waals surface area contributed by atoms with Crippen LogP contribution in [0.2, 0.25) is 5.02 Å². The number of phenolic OH excluding ortho intramolecular Hbond substituents is 1. The van der Waals surface area contributed by atoms with Gasteiger partial charge in [-0.1, -0.05) is 17.7 Å². The Hall–Kier alpha value is -1.52. The number of halogens is 1. The maximum atomic E-state index is 9.41. The molecule has 0 amide bonds. The third-order valence-electron chi connectivity index (χ3n) is 2.71. The molecule has 2 aromatic rings. The fourth-order valence-electron chi connectivity index (χ4n) is 1.84. The Kier molecular flexibility index (Phi) is 3.44. The molecule has 3 rings (SSSR count). The van der Waals surface area contributed by atoms with Crippen LogP contribution in [0.3, 0.4) is 0 Å². The number of hydrogen-bond acceptors (Lipinski definition) is 4. The Morgan fingerprint density at radius 2 is 2.11 bits per heavy atom. The van der Waals surface area contributed by atoms with E-state index in [1.165, 1.54) is 0 Å². The van der Waals surface area contributed by atoms with Gasteiger partial charge in [-0.25, -0.2) is 0 Å². The zero-order chi connectivity index (χ0) is 13.2. The molecule has 0 bridgehead atoms. The first-order valence-corrected chi connectivity index (χ1v) is 7.08. The minimum Gasteiger partial charge on any atom is -0.508 e. The first-order valence-electron chi connectivity index (χ1n) is 5.72. The van der Waals surface area contributed by atoms with Crippen molar-refractivity contribution in [3.8, 4) is 17.2 Å². The number of rotatable bonds is 3. The number of phenols is 1. The predicted molar refractivity (Wildman–Crippen MR) is 75.2 cm³/mol. The summed E-state index contributed by atoms with van der Waals surface area (Å²) in [5.74, 6) is 2.33. The van der Waals surface area contributed by atoms with Gasteiger partial charge in [0.15, 0.2) is 11.5 Å². The van der Waals surface area contributed by atoms with Gasteiger partial charge in [-0.05, 0) is 35.9 Å². The summed E-state index contributed by atoms with van der Waals surface area (Å²) in [7, 11) is 0. The van der Waals surface area contributed by atoms with Crippen molar-refractivity contribution in [2.24, 2.45) is 0 Å². The van der Waals surface area contributed by atoms with Crippen molar-refractivity contribution in [1.29, 1.82) is 0 Å². The Balaban J connectivity index is 1.76. The molecule has 5 heteroatoms. The normalized spacial score (nSPS) is 12.7. The zero-order valence-corrected chi connectivity index (χ0v) is 11.5. The third-order valence-corrected chi connectivity index (χ3v) is 4.06. The van der Waals surface area contributed by atoms with Gasteiger partial charge in [-0.3, -0.25) is 0 Å². The lowest BCUT2D eigenvalue weighted by Gasteiger charge is -2.05. The van der Waals surface area contributed by atoms with E-state index in [1.54, 1.807) is 23.9 Å². The molecule has 1 aliphatic heterocycles. The summed E-state index contributed by atoms with van der Waals surface area (Å²) in [5.41, 5.74) is 1.06. The van der Waals surface area contributed by atoms with E-state index in [0.29, 0.717) is 16.5 Å². The van der Waals surface area contributed by atoms with E-state index >= 15 is 0 Å². The number of thioether (sulfide) groups is 1. The van der Waals surface area contributed by atoms with Crippen molar-refractivity contribution in [2.75, 3.05) is 6.79 Å². The van der Waals surface area contributed by atoms with Crippen molar-refractivity contribution in [2.45, 2.75) is 10.6 Å². The lowest BCUT2D eigenvalue weighted by atomic mass is 10.2. The number of fused-ring (bicyclic) bond motifs is 1. The lowest BCUT2D eigenvalue weighted by molar-refractivity contribution is 0.174. The van der Waals surface area contributed by atoms with Gasteiger partial charge in [0.1, 0.15) is 5.75 Å². The minimum atomic E-state index is 0.220. The van der Waals surface area contributed by atoms with E-state index in [9.17, 15) is 5.11 Å². The summed E-state index contributed by atoms with van der Waals surface area (Å²) >= 11 is 7.75. The molecule has 0 fully saturated rings. The van der Waals surface area contributed by atoms with Crippen LogP contribution in [0.25, 0.3) is 0 Å². The van der Waals surface area contributed by atoms with E-state index in [4.69, 9.17) is 21.1 Å². The lowest BCUT2D eigenvalue weighted by Crippen LogP contribution is -1.93. The summed E-state index contributed by atoms with van der Waals surface area (Å²) in [6.45, 7) is 0.220. The van der Waals surface area contributed by atoms with Crippen molar-refractivity contribution < 1.29 is 14.6 Å². The van der Waals surface area contributed by atoms with Gasteiger partial charge in [0.25, 0.3) is 0 Å². The monoisotopic (exact) mass is 294 g/mol. The molecular formula is C14H11ClO3S. The van der Waals surface area contributed by atoms with Crippen molar-refractivity contribution >= 4 is 23.4 Å². The second kappa shape index (κ2) is 5.23. The van der Waals surface area contributed by atoms with Crippen LogP contribution in [0.15, 0.2) is 41.3 Å². The molecule has 3 nitrogen and oxygen atoms in total. The number of ether oxygens (including phenoxy) is 2. The molecule has 0 aliphatic carbocycles. The van der Waals surface area contributed by atoms with Crippen LogP contribution in [0, 0.1) is 0 Å². The molecule has 1 N–H and O–H groups in total. The van der Waals surface area contributed by atoms with Gasteiger partial charge in [0, 0.05) is 10.6 Å². The van der Waals surface area contributed by atoms with Crippen LogP contribution in [-0.4, -0.2) is 11.9 Å². The van der Waals surface area contributed by atoms with Crippen LogP contribution in [0.5, 0.6) is 17.2 Å². The summed E-state index contributed by atoms with van der Waals surface area (Å²) in [6, 6.07) is 11.0. The molecule has 1 heterocycles. The average Bonchev–Trinajstić information content (AvgIpc) is 2.85. The highest BCUT2D eigenvalue weighted by molar-refractivity contribution is 7.98. The van der Waals surface area contributed by atoms with Crippen LogP contribution >= 0.6 is 23.4 Å². The summed E-state index contributed by atoms with van der Waals surface area (Å²) in [6.07, 6.45) is 0. The molecule has 0 atom stereocenters. The second-order valence-corrected chi connectivity index (χ2v) is 5.55. The molecule has 2 aromatic carbocycles. The van der Waals surface area contributed by atoms with Crippen molar-refractivity contribution in [1.82, 2.24) is 0 Å². The minimum absolute atomic E-state index is 0.220. The molecular weight excluding hydrogens is 284 g/mol. The Labute approximate surface area is 120 Å². The zero-order valence-electron chi connectivity index (χ0n) is 9.93. The largest absolute Gasteiger partial charge is 0.508 e. The Morgan fingerprint density at radius 3 is 2.95 bits per heavy atom. The molecule has 98 valence electrons. The van der Waals surface area contributed by atoms with Gasteiger partial charge in [-0.15, -0.1) is 11.8 Å². The highest BCUT2D eigenvalue weighted by atomic mass is 35.5.